The maximum atomic E-state index is 12.9. The van der Waals surface area contributed by atoms with Crippen LogP contribution in [0.3, 0.4) is 0 Å². The summed E-state index contributed by atoms with van der Waals surface area (Å²) in [6, 6.07) is 0. The van der Waals surface area contributed by atoms with E-state index in [1.165, 1.54) is 38.5 Å². The lowest BCUT2D eigenvalue weighted by atomic mass is 10.1. The van der Waals surface area contributed by atoms with E-state index in [1.807, 2.05) is 21.1 Å². The molecule has 0 aromatic carbocycles. The van der Waals surface area contributed by atoms with Gasteiger partial charge in [0.1, 0.15) is 19.8 Å². The van der Waals surface area contributed by atoms with Gasteiger partial charge in [-0.3, -0.25) is 18.6 Å². The van der Waals surface area contributed by atoms with Gasteiger partial charge in [-0.2, -0.15) is 0 Å². The third-order valence-corrected chi connectivity index (χ3v) is 15.0. The Hall–Kier alpha value is -5.67. The number of carbonyl (C=O) groups is 2. The van der Waals surface area contributed by atoms with Crippen LogP contribution in [0.4, 0.5) is 0 Å². The molecule has 92 heavy (non-hydrogen) atoms. The van der Waals surface area contributed by atoms with Crippen LogP contribution in [0, 0.1) is 0 Å². The van der Waals surface area contributed by atoms with Crippen molar-refractivity contribution in [2.24, 2.45) is 0 Å². The molecule has 0 fully saturated rings. The van der Waals surface area contributed by atoms with E-state index >= 15 is 0 Å². The van der Waals surface area contributed by atoms with E-state index in [1.54, 1.807) is 0 Å². The van der Waals surface area contributed by atoms with Crippen molar-refractivity contribution in [3.8, 4) is 0 Å². The predicted octanol–water partition coefficient (Wildman–Crippen LogP) is 23.6. The van der Waals surface area contributed by atoms with Crippen LogP contribution in [0.1, 0.15) is 232 Å². The van der Waals surface area contributed by atoms with Gasteiger partial charge in [0.05, 0.1) is 27.7 Å². The number of hydrogen-bond donors (Lipinski definition) is 1. The fourth-order valence-corrected chi connectivity index (χ4v) is 9.39. The number of nitrogens with zero attached hydrogens (tertiary/aromatic N) is 1. The molecule has 0 aliphatic carbocycles. The van der Waals surface area contributed by atoms with Crippen LogP contribution >= 0.6 is 7.82 Å². The molecule has 2 unspecified atom stereocenters. The Bertz CT molecular complexity index is 2360. The fourth-order valence-electron chi connectivity index (χ4n) is 8.65. The fraction of sp³-hybridized carbons (Fsp3) is 0.537. The maximum Gasteiger partial charge on any atom is 0.472 e. The molecule has 9 nitrogen and oxygen atoms in total. The molecule has 0 spiro atoms. The Morgan fingerprint density at radius 2 is 0.587 bits per heavy atom. The van der Waals surface area contributed by atoms with Gasteiger partial charge < -0.3 is 18.9 Å². The number of carbonyl (C=O) groups excluding carboxylic acids is 2. The molecule has 1 N–H and O–H groups in total. The van der Waals surface area contributed by atoms with E-state index in [2.05, 4.69) is 233 Å². The molecular weight excluding hydrogens is 1160 g/mol. The lowest BCUT2D eigenvalue weighted by Crippen LogP contribution is -2.37. The average Bonchev–Trinajstić information content (AvgIpc) is 2.23. The highest BCUT2D eigenvalue weighted by atomic mass is 31.2. The Balaban J connectivity index is 4.23. The summed E-state index contributed by atoms with van der Waals surface area (Å²) in [5.41, 5.74) is 0. The number of quaternary nitrogens is 1. The monoisotopic (exact) mass is 1290 g/mol. The second-order valence-corrected chi connectivity index (χ2v) is 25.3. The molecule has 514 valence electrons. The number of phosphoric ester groups is 1. The summed E-state index contributed by atoms with van der Waals surface area (Å²) in [6.45, 7) is 4.12. The lowest BCUT2D eigenvalue weighted by molar-refractivity contribution is -0.870. The molecule has 0 rings (SSSR count). The minimum atomic E-state index is -4.42. The van der Waals surface area contributed by atoms with Crippen molar-refractivity contribution in [2.75, 3.05) is 47.5 Å². The van der Waals surface area contributed by atoms with Gasteiger partial charge >= 0.3 is 19.8 Å². The lowest BCUT2D eigenvalue weighted by Gasteiger charge is -2.24. The molecule has 0 saturated carbocycles. The number of esters is 2. The third-order valence-electron chi connectivity index (χ3n) is 14.0. The second-order valence-electron chi connectivity index (χ2n) is 23.8. The first-order valence-electron chi connectivity index (χ1n) is 35.5. The van der Waals surface area contributed by atoms with Gasteiger partial charge in [0.25, 0.3) is 0 Å². The predicted molar refractivity (Wildman–Crippen MR) is 398 cm³/mol. The normalized spacial score (nSPS) is 14.5. The van der Waals surface area contributed by atoms with Crippen LogP contribution in [0.25, 0.3) is 0 Å². The highest BCUT2D eigenvalue weighted by molar-refractivity contribution is 7.47. The summed E-state index contributed by atoms with van der Waals surface area (Å²) >= 11 is 0. The van der Waals surface area contributed by atoms with Crippen LogP contribution in [0.5, 0.6) is 0 Å². The van der Waals surface area contributed by atoms with Crippen LogP contribution < -0.4 is 0 Å². The molecule has 0 aromatic rings. The summed E-state index contributed by atoms with van der Waals surface area (Å²) in [7, 11) is 1.41. The highest BCUT2D eigenvalue weighted by Crippen LogP contribution is 2.43. The molecule has 0 aliphatic rings. The van der Waals surface area contributed by atoms with Crippen molar-refractivity contribution in [1.29, 1.82) is 0 Å². The van der Waals surface area contributed by atoms with E-state index in [9.17, 15) is 19.0 Å². The molecule has 0 bridgehead atoms. The van der Waals surface area contributed by atoms with Crippen molar-refractivity contribution >= 4 is 19.8 Å². The number of unbranched alkanes of at least 4 members (excludes halogenated alkanes) is 12. The standard InChI is InChI=1S/C82H128NO8P/c1-6-8-10-12-14-16-18-20-22-24-26-28-30-32-34-36-38-40-41-43-44-46-48-50-52-54-56-58-60-62-64-66-68-70-72-74-81(84)88-78-80(79-90-92(86,87)89-77-76-83(3,4)5)91-82(85)75-73-71-69-67-65-63-61-59-57-55-53-51-49-47-45-42-39-37-35-33-31-29-27-25-23-21-19-17-15-13-11-9-7-2/h8-11,14-17,20-23,26-29,32-35,38-40,42-44,47-50,53,55,59,61,65,67,80H,6-7,12-13,18-19,24-25,30-31,36-37,41,45-46,51-52,54,56-58,60,62-64,66,68-79H2,1-5H3/p+1/b10-8-,11-9-,16-14-,17-15-,22-20-,23-21-,28-26-,29-27-,34-32-,35-33-,40-38-,42-39-,44-43-,49-47-,50-48-,55-53-,61-59-,67-65-. The number of hydrogen-bond acceptors (Lipinski definition) is 7. The summed E-state index contributed by atoms with van der Waals surface area (Å²) in [5, 5.41) is 0. The van der Waals surface area contributed by atoms with Gasteiger partial charge in [-0.25, -0.2) is 4.57 Å². The van der Waals surface area contributed by atoms with Gasteiger partial charge in [0.2, 0.25) is 0 Å². The minimum Gasteiger partial charge on any atom is -0.462 e. The second kappa shape index (κ2) is 69.7. The first-order chi connectivity index (χ1) is 45.0. The zero-order chi connectivity index (χ0) is 66.9. The summed E-state index contributed by atoms with van der Waals surface area (Å²) in [5.74, 6) is -0.871. The quantitative estimate of drug-likeness (QED) is 0.0211. The van der Waals surface area contributed by atoms with Gasteiger partial charge in [0.15, 0.2) is 6.10 Å². The largest absolute Gasteiger partial charge is 0.472 e. The first kappa shape index (κ1) is 86.3. The number of likely N-dealkylation sites (N-methyl/N-ethyl adjacent to an activating group) is 1. The van der Waals surface area contributed by atoms with Crippen LogP contribution in [0.2, 0.25) is 0 Å². The molecule has 0 aromatic heterocycles. The number of rotatable bonds is 62. The van der Waals surface area contributed by atoms with Gasteiger partial charge in [-0.05, 0) is 154 Å². The Morgan fingerprint density at radius 1 is 0.337 bits per heavy atom. The van der Waals surface area contributed by atoms with E-state index in [0.29, 0.717) is 23.9 Å². The average molecular weight is 1290 g/mol. The first-order valence-corrected chi connectivity index (χ1v) is 37.0. The minimum absolute atomic E-state index is 0.00971. The van der Waals surface area contributed by atoms with E-state index in [0.717, 1.165) is 154 Å². The van der Waals surface area contributed by atoms with Crippen molar-refractivity contribution in [1.82, 2.24) is 0 Å². The van der Waals surface area contributed by atoms with Crippen LogP contribution in [-0.2, 0) is 32.7 Å². The molecule has 0 heterocycles. The van der Waals surface area contributed by atoms with Gasteiger partial charge in [0, 0.05) is 12.8 Å². The Labute approximate surface area is 563 Å². The van der Waals surface area contributed by atoms with Crippen molar-refractivity contribution in [3.05, 3.63) is 219 Å². The number of ether oxygens (including phenoxy) is 2. The summed E-state index contributed by atoms with van der Waals surface area (Å²) in [6.07, 6.45) is 112. The van der Waals surface area contributed by atoms with E-state index in [4.69, 9.17) is 18.5 Å². The van der Waals surface area contributed by atoms with Crippen LogP contribution in [0.15, 0.2) is 219 Å². The SMILES string of the molecule is CC/C=C\C/C=C\C/C=C\C/C=C\C/C=C\C/C=C\C/C=C\C/C=C\C/C=C\C/C=C\CCCCC(=O)OC(COC(=O)CCCCCCCCCCCC/C=C\C/C=C\C/C=C\C/C=C\C/C=C\C/C=C\C/C=C\C/C=C\CC)COP(=O)(O)OCC[N+](C)(C)C. The van der Waals surface area contributed by atoms with Crippen molar-refractivity contribution in [2.45, 2.75) is 238 Å². The van der Waals surface area contributed by atoms with Crippen molar-refractivity contribution < 1.29 is 42.1 Å². The topological polar surface area (TPSA) is 108 Å². The number of allylic oxidation sites excluding steroid dienone is 36. The summed E-state index contributed by atoms with van der Waals surface area (Å²) < 4.78 is 34.6. The van der Waals surface area contributed by atoms with Crippen LogP contribution in [-0.4, -0.2) is 74.9 Å². The van der Waals surface area contributed by atoms with Crippen molar-refractivity contribution in [3.63, 3.8) is 0 Å². The molecule has 0 radical (unpaired) electrons. The summed E-state index contributed by atoms with van der Waals surface area (Å²) in [4.78, 5) is 35.9. The third kappa shape index (κ3) is 73.4. The molecule has 0 aliphatic heterocycles. The van der Waals surface area contributed by atoms with Gasteiger partial charge in [-0.1, -0.05) is 284 Å². The van der Waals surface area contributed by atoms with E-state index < -0.39 is 32.5 Å². The van der Waals surface area contributed by atoms with E-state index in [-0.39, 0.29) is 26.1 Å². The number of phosphoric acid groups is 1. The Kier molecular flexibility index (Phi) is 65.4. The molecule has 2 atom stereocenters. The van der Waals surface area contributed by atoms with Gasteiger partial charge in [-0.15, -0.1) is 0 Å². The highest BCUT2D eigenvalue weighted by Gasteiger charge is 2.27. The molecule has 10 heteroatoms. The molecule has 0 amide bonds. The zero-order valence-corrected chi connectivity index (χ0v) is 59.3. The zero-order valence-electron chi connectivity index (χ0n) is 58.4. The smallest absolute Gasteiger partial charge is 0.462 e. The Morgan fingerprint density at radius 3 is 0.891 bits per heavy atom. The maximum absolute atomic E-state index is 12.9. The molecule has 0 saturated heterocycles. The molecular formula is C82H129NO8P+.